The molecule has 0 aliphatic carbocycles. The summed E-state index contributed by atoms with van der Waals surface area (Å²) >= 11 is 3.65. The van der Waals surface area contributed by atoms with E-state index in [1.54, 1.807) is 0 Å². The lowest BCUT2D eigenvalue weighted by Gasteiger charge is -2.41. The number of nitrogens with two attached hydrogens (primary N) is 1. The first kappa shape index (κ1) is 16.0. The van der Waals surface area contributed by atoms with Gasteiger partial charge in [0, 0.05) is 23.1 Å². The van der Waals surface area contributed by atoms with Crippen molar-refractivity contribution >= 4 is 15.9 Å². The highest BCUT2D eigenvalue weighted by atomic mass is 79.9. The van der Waals surface area contributed by atoms with E-state index in [-0.39, 0.29) is 5.54 Å². The quantitative estimate of drug-likeness (QED) is 0.915. The molecular formula is C16H26BrN3. The summed E-state index contributed by atoms with van der Waals surface area (Å²) in [6, 6.07) is 8.46. The third-order valence-electron chi connectivity index (χ3n) is 4.70. The van der Waals surface area contributed by atoms with E-state index in [0.29, 0.717) is 0 Å². The second-order valence-corrected chi connectivity index (χ2v) is 6.89. The highest BCUT2D eigenvalue weighted by Gasteiger charge is 2.34. The molecule has 4 heteroatoms. The number of rotatable bonds is 4. The van der Waals surface area contributed by atoms with Gasteiger partial charge in [0.15, 0.2) is 0 Å². The first-order chi connectivity index (χ1) is 9.57. The van der Waals surface area contributed by atoms with Gasteiger partial charge in [-0.3, -0.25) is 4.90 Å². The Morgan fingerprint density at radius 2 is 2.05 bits per heavy atom. The molecular weight excluding hydrogens is 314 g/mol. The van der Waals surface area contributed by atoms with Crippen LogP contribution < -0.4 is 5.73 Å². The fourth-order valence-electron chi connectivity index (χ4n) is 3.11. The van der Waals surface area contributed by atoms with E-state index in [1.807, 2.05) is 0 Å². The average Bonchev–Trinajstić information content (AvgIpc) is 2.64. The summed E-state index contributed by atoms with van der Waals surface area (Å²) in [5.41, 5.74) is 7.65. The molecule has 1 saturated heterocycles. The van der Waals surface area contributed by atoms with Crippen LogP contribution in [0.15, 0.2) is 28.7 Å². The molecule has 1 fully saturated rings. The van der Waals surface area contributed by atoms with Crippen LogP contribution in [0.2, 0.25) is 0 Å². The minimum Gasteiger partial charge on any atom is -0.329 e. The first-order valence-corrected chi connectivity index (χ1v) is 8.20. The molecule has 1 heterocycles. The molecule has 0 aromatic heterocycles. The molecule has 1 aliphatic rings. The molecule has 2 N–H and O–H groups in total. The highest BCUT2D eigenvalue weighted by molar-refractivity contribution is 9.10. The van der Waals surface area contributed by atoms with Crippen molar-refractivity contribution in [3.63, 3.8) is 0 Å². The summed E-state index contributed by atoms with van der Waals surface area (Å²) in [6.45, 7) is 4.01. The average molecular weight is 340 g/mol. The third-order valence-corrected chi connectivity index (χ3v) is 5.47. The van der Waals surface area contributed by atoms with Crippen LogP contribution in [-0.4, -0.2) is 49.1 Å². The van der Waals surface area contributed by atoms with Gasteiger partial charge in [-0.25, -0.2) is 0 Å². The van der Waals surface area contributed by atoms with E-state index in [9.17, 15) is 0 Å². The number of hydrogen-bond donors (Lipinski definition) is 1. The molecule has 1 aromatic carbocycles. The van der Waals surface area contributed by atoms with Gasteiger partial charge in [-0.2, -0.15) is 0 Å². The standard InChI is InChI=1S/C16H26BrN3/c1-19-10-5-8-16(13-18,9-11-19)20(2)12-14-6-3-4-7-15(14)17/h3-4,6-7H,5,8-13,18H2,1-2H3. The largest absolute Gasteiger partial charge is 0.329 e. The smallest absolute Gasteiger partial charge is 0.0344 e. The fourth-order valence-corrected chi connectivity index (χ4v) is 3.52. The van der Waals surface area contributed by atoms with Gasteiger partial charge in [0.1, 0.15) is 0 Å². The van der Waals surface area contributed by atoms with Gasteiger partial charge in [-0.15, -0.1) is 0 Å². The molecule has 1 unspecified atom stereocenters. The Morgan fingerprint density at radius 1 is 1.30 bits per heavy atom. The molecule has 3 nitrogen and oxygen atoms in total. The Bertz CT molecular complexity index is 437. The highest BCUT2D eigenvalue weighted by Crippen LogP contribution is 2.29. The van der Waals surface area contributed by atoms with Crippen molar-refractivity contribution in [2.75, 3.05) is 33.7 Å². The van der Waals surface area contributed by atoms with E-state index in [2.05, 4.69) is 64.1 Å². The Hall–Kier alpha value is -0.420. The van der Waals surface area contributed by atoms with Gasteiger partial charge in [-0.1, -0.05) is 34.1 Å². The minimum atomic E-state index is 0.139. The van der Waals surface area contributed by atoms with E-state index in [4.69, 9.17) is 5.73 Å². The SMILES string of the molecule is CN1CCCC(CN)(N(C)Cc2ccccc2Br)CC1. The van der Waals surface area contributed by atoms with Crippen LogP contribution >= 0.6 is 15.9 Å². The molecule has 1 aromatic rings. The van der Waals surface area contributed by atoms with E-state index in [1.165, 1.54) is 29.4 Å². The third kappa shape index (κ3) is 3.61. The topological polar surface area (TPSA) is 32.5 Å². The van der Waals surface area contributed by atoms with Crippen molar-refractivity contribution in [3.05, 3.63) is 34.3 Å². The summed E-state index contributed by atoms with van der Waals surface area (Å²) in [5.74, 6) is 0. The number of hydrogen-bond acceptors (Lipinski definition) is 3. The lowest BCUT2D eigenvalue weighted by molar-refractivity contribution is 0.100. The van der Waals surface area contributed by atoms with Crippen molar-refractivity contribution < 1.29 is 0 Å². The number of halogens is 1. The molecule has 0 bridgehead atoms. The summed E-state index contributed by atoms with van der Waals surface area (Å²) < 4.78 is 1.18. The van der Waals surface area contributed by atoms with Crippen LogP contribution in [-0.2, 0) is 6.54 Å². The molecule has 0 saturated carbocycles. The molecule has 20 heavy (non-hydrogen) atoms. The van der Waals surface area contributed by atoms with Crippen molar-refractivity contribution in [2.45, 2.75) is 31.3 Å². The monoisotopic (exact) mass is 339 g/mol. The lowest BCUT2D eigenvalue weighted by Crippen LogP contribution is -2.52. The van der Waals surface area contributed by atoms with Gasteiger partial charge >= 0.3 is 0 Å². The predicted octanol–water partition coefficient (Wildman–Crippen LogP) is 2.69. The van der Waals surface area contributed by atoms with Gasteiger partial charge < -0.3 is 10.6 Å². The molecule has 0 radical (unpaired) electrons. The van der Waals surface area contributed by atoms with Crippen molar-refractivity contribution in [2.24, 2.45) is 5.73 Å². The van der Waals surface area contributed by atoms with Crippen LogP contribution in [0.25, 0.3) is 0 Å². The Balaban J connectivity index is 2.12. The van der Waals surface area contributed by atoms with Crippen LogP contribution in [0.5, 0.6) is 0 Å². The second-order valence-electron chi connectivity index (χ2n) is 6.03. The summed E-state index contributed by atoms with van der Waals surface area (Å²) in [4.78, 5) is 4.88. The Kier molecular flexibility index (Phi) is 5.61. The molecule has 0 spiro atoms. The second kappa shape index (κ2) is 7.03. The van der Waals surface area contributed by atoms with Gasteiger partial charge in [0.05, 0.1) is 0 Å². The maximum Gasteiger partial charge on any atom is 0.0344 e. The zero-order valence-corrected chi connectivity index (χ0v) is 14.2. The molecule has 0 amide bonds. The van der Waals surface area contributed by atoms with Crippen molar-refractivity contribution in [1.29, 1.82) is 0 Å². The number of benzene rings is 1. The molecule has 2 rings (SSSR count). The van der Waals surface area contributed by atoms with E-state index < -0.39 is 0 Å². The predicted molar refractivity (Wildman–Crippen MR) is 88.7 cm³/mol. The van der Waals surface area contributed by atoms with Gasteiger partial charge in [0.2, 0.25) is 0 Å². The molecule has 1 atom stereocenters. The summed E-state index contributed by atoms with van der Waals surface area (Å²) in [7, 11) is 4.43. The van der Waals surface area contributed by atoms with E-state index in [0.717, 1.165) is 26.1 Å². The Morgan fingerprint density at radius 3 is 2.75 bits per heavy atom. The maximum atomic E-state index is 6.17. The Labute approximate surface area is 131 Å². The fraction of sp³-hybridized carbons (Fsp3) is 0.625. The minimum absolute atomic E-state index is 0.139. The van der Waals surface area contributed by atoms with Gasteiger partial charge in [-0.05, 0) is 58.1 Å². The summed E-state index contributed by atoms with van der Waals surface area (Å²) in [5, 5.41) is 0. The lowest BCUT2D eigenvalue weighted by atomic mass is 9.88. The first-order valence-electron chi connectivity index (χ1n) is 7.41. The number of likely N-dealkylation sites (tertiary alicyclic amines) is 1. The number of nitrogens with zero attached hydrogens (tertiary/aromatic N) is 2. The van der Waals surface area contributed by atoms with Crippen LogP contribution in [0, 0.1) is 0 Å². The molecule has 112 valence electrons. The number of likely N-dealkylation sites (N-methyl/N-ethyl adjacent to an activating group) is 1. The maximum absolute atomic E-state index is 6.17. The van der Waals surface area contributed by atoms with Crippen LogP contribution in [0.4, 0.5) is 0 Å². The van der Waals surface area contributed by atoms with Crippen LogP contribution in [0.3, 0.4) is 0 Å². The van der Waals surface area contributed by atoms with Crippen molar-refractivity contribution in [3.8, 4) is 0 Å². The zero-order valence-electron chi connectivity index (χ0n) is 12.6. The van der Waals surface area contributed by atoms with Crippen molar-refractivity contribution in [1.82, 2.24) is 9.80 Å². The van der Waals surface area contributed by atoms with Gasteiger partial charge in [0.25, 0.3) is 0 Å². The van der Waals surface area contributed by atoms with Crippen LogP contribution in [0.1, 0.15) is 24.8 Å². The molecule has 1 aliphatic heterocycles. The normalized spacial score (nSPS) is 24.9. The summed E-state index contributed by atoms with van der Waals surface area (Å²) in [6.07, 6.45) is 3.57. The zero-order chi connectivity index (χ0) is 14.6. The van der Waals surface area contributed by atoms with E-state index >= 15 is 0 Å².